The van der Waals surface area contributed by atoms with Crippen LogP contribution in [-0.4, -0.2) is 95.6 Å². The molecule has 4 heterocycles. The van der Waals surface area contributed by atoms with Crippen molar-refractivity contribution in [2.75, 3.05) is 57.2 Å². The molecule has 6 rings (SSSR count). The van der Waals surface area contributed by atoms with Crippen LogP contribution in [0.2, 0.25) is 5.15 Å². The molecule has 4 aromatic rings. The molecule has 0 bridgehead atoms. The summed E-state index contributed by atoms with van der Waals surface area (Å²) in [6, 6.07) is 11.9. The molecule has 0 saturated carbocycles. The maximum absolute atomic E-state index is 14.0. The minimum absolute atomic E-state index is 0.00876. The SMILES string of the molecule is CC(=O)N1CCC(N)CC1.COc1cc(C)c(F)cc1C(=O)c1ccc(Cl)nc1N.COc1cc(C)c(F)cc1C(=O)c1ccc(NC2CCN(C(C)=O)CC2)nc1N. The zero-order valence-electron chi connectivity index (χ0n) is 34.0. The maximum atomic E-state index is 14.0. The van der Waals surface area contributed by atoms with E-state index >= 15 is 0 Å². The molecule has 0 atom stereocenters. The fourth-order valence-electron chi connectivity index (χ4n) is 6.44. The molecular formula is C42H51ClF2N8O6. The van der Waals surface area contributed by atoms with E-state index in [1.54, 1.807) is 39.8 Å². The predicted molar refractivity (Wildman–Crippen MR) is 223 cm³/mol. The van der Waals surface area contributed by atoms with Crippen LogP contribution in [0.3, 0.4) is 0 Å². The number of pyridine rings is 2. The zero-order chi connectivity index (χ0) is 43.6. The molecule has 17 heteroatoms. The van der Waals surface area contributed by atoms with E-state index < -0.39 is 23.2 Å². The summed E-state index contributed by atoms with van der Waals surface area (Å²) in [5.74, 6) is -0.475. The second-order valence-electron chi connectivity index (χ2n) is 14.2. The van der Waals surface area contributed by atoms with Gasteiger partial charge >= 0.3 is 0 Å². The lowest BCUT2D eigenvalue weighted by Gasteiger charge is -2.32. The number of benzene rings is 2. The van der Waals surface area contributed by atoms with Crippen LogP contribution in [0.1, 0.15) is 82.5 Å². The normalized spacial score (nSPS) is 14.3. The number of hydrogen-bond acceptors (Lipinski definition) is 12. The molecule has 316 valence electrons. The number of carbonyl (C=O) groups is 4. The van der Waals surface area contributed by atoms with Crippen LogP contribution in [0.5, 0.6) is 11.5 Å². The third kappa shape index (κ3) is 12.1. The molecule has 0 unspecified atom stereocenters. The van der Waals surface area contributed by atoms with E-state index in [2.05, 4.69) is 15.3 Å². The Morgan fingerprint density at radius 3 is 1.53 bits per heavy atom. The highest BCUT2D eigenvalue weighted by Gasteiger charge is 2.24. The van der Waals surface area contributed by atoms with Crippen molar-refractivity contribution in [1.29, 1.82) is 0 Å². The van der Waals surface area contributed by atoms with E-state index in [-0.39, 0.29) is 68.4 Å². The van der Waals surface area contributed by atoms with Crippen molar-refractivity contribution in [3.05, 3.63) is 98.7 Å². The molecule has 59 heavy (non-hydrogen) atoms. The lowest BCUT2D eigenvalue weighted by Crippen LogP contribution is -2.41. The fraction of sp³-hybridized carbons (Fsp3) is 0.381. The molecule has 2 aliphatic rings. The van der Waals surface area contributed by atoms with Crippen molar-refractivity contribution in [1.82, 2.24) is 19.8 Å². The number of halogens is 3. The van der Waals surface area contributed by atoms with Crippen molar-refractivity contribution in [3.63, 3.8) is 0 Å². The van der Waals surface area contributed by atoms with Crippen molar-refractivity contribution in [2.45, 2.75) is 65.5 Å². The quantitative estimate of drug-likeness (QED) is 0.124. The summed E-state index contributed by atoms with van der Waals surface area (Å²) in [7, 11) is 2.84. The van der Waals surface area contributed by atoms with Gasteiger partial charge in [0.25, 0.3) is 0 Å². The third-order valence-corrected chi connectivity index (χ3v) is 10.2. The van der Waals surface area contributed by atoms with Crippen LogP contribution in [0, 0.1) is 25.5 Å². The molecule has 0 spiro atoms. The van der Waals surface area contributed by atoms with Crippen molar-refractivity contribution >= 4 is 52.4 Å². The summed E-state index contributed by atoms with van der Waals surface area (Å²) in [6.45, 7) is 9.44. The number of nitrogens with one attached hydrogen (secondary N) is 1. The standard InChI is InChI=1S/C21H25FN4O3.C14H12ClFN2O2.C7H14N2O/c1-12-10-18(29-3)16(11-17(12)22)20(28)15-4-5-19(25-21(15)23)24-14-6-8-26(9-7-14)13(2)27;1-7-5-11(20-2)9(6-10(7)16)13(19)8-3-4-12(15)18-14(8)17;1-6(10)9-4-2-7(8)3-5-9/h4-5,10-11,14H,6-9H2,1-3H3,(H3,23,24,25);3-6H,1-2H3,(H2,17,18);7H,2-5,8H2,1H3. The van der Waals surface area contributed by atoms with Crippen LogP contribution in [-0.2, 0) is 9.59 Å². The molecule has 0 radical (unpaired) electrons. The van der Waals surface area contributed by atoms with Gasteiger partial charge in [0, 0.05) is 52.1 Å². The summed E-state index contributed by atoms with van der Waals surface area (Å²) in [5.41, 5.74) is 18.7. The topological polar surface area (TPSA) is 209 Å². The first kappa shape index (κ1) is 45.8. The van der Waals surface area contributed by atoms with Crippen LogP contribution in [0.25, 0.3) is 0 Å². The maximum Gasteiger partial charge on any atom is 0.219 e. The monoisotopic (exact) mass is 836 g/mol. The Bertz CT molecular complexity index is 2180. The van der Waals surface area contributed by atoms with Crippen molar-refractivity contribution in [3.8, 4) is 11.5 Å². The Labute approximate surface area is 347 Å². The smallest absolute Gasteiger partial charge is 0.219 e. The molecule has 2 fully saturated rings. The second kappa shape index (κ2) is 20.7. The summed E-state index contributed by atoms with van der Waals surface area (Å²) in [4.78, 5) is 59.3. The molecule has 14 nitrogen and oxygen atoms in total. The molecule has 7 N–H and O–H groups in total. The molecule has 2 aromatic heterocycles. The van der Waals surface area contributed by atoms with Crippen LogP contribution in [0.4, 0.5) is 26.2 Å². The summed E-state index contributed by atoms with van der Waals surface area (Å²) in [5, 5.41) is 3.48. The number of amides is 2. The number of methoxy groups -OCH3 is 2. The van der Waals surface area contributed by atoms with Gasteiger partial charge in [-0.05, 0) is 99.2 Å². The highest BCUT2D eigenvalue weighted by atomic mass is 35.5. The van der Waals surface area contributed by atoms with Crippen LogP contribution < -0.4 is 32.0 Å². The Hall–Kier alpha value is -5.87. The van der Waals surface area contributed by atoms with E-state index in [4.69, 9.17) is 38.3 Å². The number of nitrogen functional groups attached to an aromatic ring is 2. The summed E-state index contributed by atoms with van der Waals surface area (Å²) >= 11 is 5.69. The molecule has 2 amide bonds. The lowest BCUT2D eigenvalue weighted by atomic mass is 10.0. The van der Waals surface area contributed by atoms with E-state index in [0.29, 0.717) is 36.1 Å². The van der Waals surface area contributed by atoms with E-state index in [0.717, 1.165) is 50.9 Å². The Morgan fingerprint density at radius 2 is 1.12 bits per heavy atom. The molecule has 2 aromatic carbocycles. The number of piperidine rings is 2. The number of nitrogens with two attached hydrogens (primary N) is 3. The first-order valence-corrected chi connectivity index (χ1v) is 19.3. The highest BCUT2D eigenvalue weighted by molar-refractivity contribution is 6.29. The fourth-order valence-corrected chi connectivity index (χ4v) is 6.60. The third-order valence-electron chi connectivity index (χ3n) is 10.0. The molecule has 2 saturated heterocycles. The highest BCUT2D eigenvalue weighted by Crippen LogP contribution is 2.29. The Balaban J connectivity index is 0.000000220. The van der Waals surface area contributed by atoms with Gasteiger partial charge in [-0.25, -0.2) is 18.7 Å². The number of hydrogen-bond donors (Lipinski definition) is 4. The average molecular weight is 837 g/mol. The van der Waals surface area contributed by atoms with E-state index in [1.165, 1.54) is 38.5 Å². The molecular weight excluding hydrogens is 786 g/mol. The van der Waals surface area contributed by atoms with Gasteiger partial charge in [-0.15, -0.1) is 0 Å². The minimum Gasteiger partial charge on any atom is -0.496 e. The van der Waals surface area contributed by atoms with Gasteiger partial charge in [0.05, 0.1) is 36.5 Å². The van der Waals surface area contributed by atoms with Gasteiger partial charge in [-0.1, -0.05) is 11.6 Å². The van der Waals surface area contributed by atoms with Gasteiger partial charge in [0.15, 0.2) is 0 Å². The lowest BCUT2D eigenvalue weighted by molar-refractivity contribution is -0.130. The zero-order valence-corrected chi connectivity index (χ0v) is 34.8. The van der Waals surface area contributed by atoms with Crippen molar-refractivity contribution in [2.24, 2.45) is 5.73 Å². The van der Waals surface area contributed by atoms with E-state index in [9.17, 15) is 28.0 Å². The number of likely N-dealkylation sites (tertiary alicyclic amines) is 2. The average Bonchev–Trinajstić information content (AvgIpc) is 3.20. The van der Waals surface area contributed by atoms with Gasteiger partial charge in [-0.3, -0.25) is 19.2 Å². The number of aromatic nitrogens is 2. The Morgan fingerprint density at radius 1 is 0.695 bits per heavy atom. The number of rotatable bonds is 8. The van der Waals surface area contributed by atoms with Crippen LogP contribution >= 0.6 is 11.6 Å². The van der Waals surface area contributed by atoms with Crippen molar-refractivity contribution < 1.29 is 37.4 Å². The number of anilines is 3. The second-order valence-corrected chi connectivity index (χ2v) is 14.6. The van der Waals surface area contributed by atoms with E-state index in [1.807, 2.05) is 9.80 Å². The number of nitrogens with zero attached hydrogens (tertiary/aromatic N) is 4. The van der Waals surface area contributed by atoms with Gasteiger partial charge in [0.1, 0.15) is 45.7 Å². The largest absolute Gasteiger partial charge is 0.496 e. The number of ether oxygens (including phenoxy) is 2. The van der Waals surface area contributed by atoms with Gasteiger partial charge < -0.3 is 41.8 Å². The van der Waals surface area contributed by atoms with Gasteiger partial charge in [-0.2, -0.15) is 0 Å². The number of carbonyl (C=O) groups excluding carboxylic acids is 4. The van der Waals surface area contributed by atoms with Crippen LogP contribution in [0.15, 0.2) is 48.5 Å². The number of ketones is 2. The summed E-state index contributed by atoms with van der Waals surface area (Å²) in [6.07, 6.45) is 3.53. The predicted octanol–water partition coefficient (Wildman–Crippen LogP) is 5.73. The first-order chi connectivity index (χ1) is 27.9. The molecule has 2 aliphatic heterocycles. The first-order valence-electron chi connectivity index (χ1n) is 18.9. The Kier molecular flexibility index (Phi) is 16.1. The molecule has 0 aliphatic carbocycles. The number of aryl methyl sites for hydroxylation is 2. The minimum atomic E-state index is -0.491. The van der Waals surface area contributed by atoms with Gasteiger partial charge in [0.2, 0.25) is 23.4 Å². The summed E-state index contributed by atoms with van der Waals surface area (Å²) < 4.78 is 38.0.